The van der Waals surface area contributed by atoms with E-state index in [1.807, 2.05) is 18.2 Å². The van der Waals surface area contributed by atoms with Crippen LogP contribution in [-0.4, -0.2) is 16.1 Å². The molecule has 0 saturated heterocycles. The molecule has 5 nitrogen and oxygen atoms in total. The first-order chi connectivity index (χ1) is 8.66. The molecule has 5 heteroatoms. The van der Waals surface area contributed by atoms with E-state index in [-0.39, 0.29) is 12.2 Å². The highest BCUT2D eigenvalue weighted by molar-refractivity contribution is 5.89. The Morgan fingerprint density at radius 3 is 2.83 bits per heavy atom. The third kappa shape index (κ3) is 2.76. The van der Waals surface area contributed by atoms with Gasteiger partial charge in [-0.2, -0.15) is 0 Å². The molecular weight excluding hydrogens is 232 g/mol. The first-order valence-electron chi connectivity index (χ1n) is 5.32. The van der Waals surface area contributed by atoms with Crippen LogP contribution in [0.2, 0.25) is 0 Å². The molecule has 0 spiro atoms. The lowest BCUT2D eigenvalue weighted by molar-refractivity contribution is 0.0696. The van der Waals surface area contributed by atoms with Gasteiger partial charge in [-0.15, -0.1) is 0 Å². The maximum atomic E-state index is 10.8. The Morgan fingerprint density at radius 2 is 2.17 bits per heavy atom. The van der Waals surface area contributed by atoms with E-state index >= 15 is 0 Å². The quantitative estimate of drug-likeness (QED) is 0.803. The van der Waals surface area contributed by atoms with Crippen molar-refractivity contribution in [2.75, 3.05) is 5.73 Å². The monoisotopic (exact) mass is 244 g/mol. The number of hydrogen-bond acceptors (Lipinski definition) is 4. The molecule has 0 unspecified atom stereocenters. The van der Waals surface area contributed by atoms with E-state index in [4.69, 9.17) is 15.6 Å². The Balaban J connectivity index is 2.14. The van der Waals surface area contributed by atoms with Gasteiger partial charge in [-0.05, 0) is 30.3 Å². The van der Waals surface area contributed by atoms with Crippen molar-refractivity contribution in [3.8, 4) is 5.75 Å². The van der Waals surface area contributed by atoms with Crippen molar-refractivity contribution in [1.29, 1.82) is 0 Å². The van der Waals surface area contributed by atoms with Crippen LogP contribution in [-0.2, 0) is 6.61 Å². The fourth-order valence-electron chi connectivity index (χ4n) is 1.43. The van der Waals surface area contributed by atoms with Gasteiger partial charge in [0.2, 0.25) is 0 Å². The van der Waals surface area contributed by atoms with Crippen molar-refractivity contribution in [2.45, 2.75) is 6.61 Å². The van der Waals surface area contributed by atoms with E-state index in [0.29, 0.717) is 11.4 Å². The summed E-state index contributed by atoms with van der Waals surface area (Å²) in [6.45, 7) is 0.244. The molecule has 1 aromatic carbocycles. The topological polar surface area (TPSA) is 85.4 Å². The lowest BCUT2D eigenvalue weighted by Crippen LogP contribution is -2.03. The van der Waals surface area contributed by atoms with Crippen LogP contribution in [0.4, 0.5) is 5.69 Å². The van der Waals surface area contributed by atoms with Crippen molar-refractivity contribution in [3.05, 3.63) is 53.9 Å². The molecule has 0 atom stereocenters. The molecule has 0 radical (unpaired) electrons. The Hall–Kier alpha value is -2.56. The van der Waals surface area contributed by atoms with E-state index in [0.717, 1.165) is 5.69 Å². The lowest BCUT2D eigenvalue weighted by atomic mass is 10.2. The maximum absolute atomic E-state index is 10.8. The van der Waals surface area contributed by atoms with Crippen LogP contribution in [0, 0.1) is 0 Å². The van der Waals surface area contributed by atoms with E-state index < -0.39 is 5.97 Å². The van der Waals surface area contributed by atoms with Crippen LogP contribution < -0.4 is 10.5 Å². The van der Waals surface area contributed by atoms with Gasteiger partial charge in [0.05, 0.1) is 16.9 Å². The molecule has 0 aliphatic rings. The number of nitrogens with two attached hydrogens (primary N) is 1. The van der Waals surface area contributed by atoms with Crippen molar-refractivity contribution in [2.24, 2.45) is 0 Å². The predicted molar refractivity (Wildman–Crippen MR) is 66.4 cm³/mol. The van der Waals surface area contributed by atoms with Crippen molar-refractivity contribution in [3.63, 3.8) is 0 Å². The van der Waals surface area contributed by atoms with Gasteiger partial charge in [0.25, 0.3) is 0 Å². The van der Waals surface area contributed by atoms with Crippen LogP contribution in [0.3, 0.4) is 0 Å². The van der Waals surface area contributed by atoms with Gasteiger partial charge < -0.3 is 15.6 Å². The summed E-state index contributed by atoms with van der Waals surface area (Å²) in [4.78, 5) is 14.9. The number of nitrogens with zero attached hydrogens (tertiary/aromatic N) is 1. The highest BCUT2D eigenvalue weighted by Gasteiger charge is 2.07. The molecule has 0 aliphatic heterocycles. The number of hydrogen-bond donors (Lipinski definition) is 2. The van der Waals surface area contributed by atoms with Crippen molar-refractivity contribution in [1.82, 2.24) is 4.98 Å². The number of carboxylic acid groups (broad SMARTS) is 1. The molecule has 92 valence electrons. The second-order valence-corrected chi connectivity index (χ2v) is 3.67. The summed E-state index contributed by atoms with van der Waals surface area (Å²) in [6.07, 6.45) is 1.66. The predicted octanol–water partition coefficient (Wildman–Crippen LogP) is 1.94. The zero-order chi connectivity index (χ0) is 13.0. The second-order valence-electron chi connectivity index (χ2n) is 3.67. The molecule has 0 fully saturated rings. The van der Waals surface area contributed by atoms with Gasteiger partial charge in [-0.25, -0.2) is 4.79 Å². The van der Waals surface area contributed by atoms with E-state index in [9.17, 15) is 4.79 Å². The van der Waals surface area contributed by atoms with E-state index in [2.05, 4.69) is 4.98 Å². The highest BCUT2D eigenvalue weighted by atomic mass is 16.5. The molecule has 2 aromatic rings. The zero-order valence-electron chi connectivity index (χ0n) is 9.54. The number of aromatic nitrogens is 1. The summed E-state index contributed by atoms with van der Waals surface area (Å²) in [6, 6.07) is 9.83. The largest absolute Gasteiger partial charge is 0.485 e. The summed E-state index contributed by atoms with van der Waals surface area (Å²) in [5.74, 6) is -0.668. The standard InChI is InChI=1S/C13H12N2O3/c14-11-5-4-9(13(16)17)7-12(11)18-8-10-3-1-2-6-15-10/h1-7H,8,14H2,(H,16,17). The second kappa shape index (κ2) is 5.18. The number of ether oxygens (including phenoxy) is 1. The summed E-state index contributed by atoms with van der Waals surface area (Å²) in [7, 11) is 0. The number of anilines is 1. The maximum Gasteiger partial charge on any atom is 0.335 e. The van der Waals surface area contributed by atoms with Gasteiger partial charge in [-0.1, -0.05) is 6.07 Å². The SMILES string of the molecule is Nc1ccc(C(=O)O)cc1OCc1ccccn1. The third-order valence-electron chi connectivity index (χ3n) is 2.36. The fraction of sp³-hybridized carbons (Fsp3) is 0.0769. The smallest absolute Gasteiger partial charge is 0.335 e. The Morgan fingerprint density at radius 1 is 1.33 bits per heavy atom. The van der Waals surface area contributed by atoms with Crippen LogP contribution in [0.5, 0.6) is 5.75 Å². The number of rotatable bonds is 4. The number of nitrogen functional groups attached to an aromatic ring is 1. The third-order valence-corrected chi connectivity index (χ3v) is 2.36. The van der Waals surface area contributed by atoms with Crippen LogP contribution in [0.25, 0.3) is 0 Å². The van der Waals surface area contributed by atoms with Gasteiger partial charge in [0, 0.05) is 6.20 Å². The van der Waals surface area contributed by atoms with Crippen LogP contribution >= 0.6 is 0 Å². The van der Waals surface area contributed by atoms with Crippen LogP contribution in [0.15, 0.2) is 42.6 Å². The summed E-state index contributed by atoms with van der Waals surface area (Å²) in [5, 5.41) is 8.88. The molecule has 0 amide bonds. The molecule has 0 aliphatic carbocycles. The van der Waals surface area contributed by atoms with Gasteiger partial charge >= 0.3 is 5.97 Å². The number of carbonyl (C=O) groups is 1. The van der Waals surface area contributed by atoms with Gasteiger partial charge in [0.15, 0.2) is 0 Å². The van der Waals surface area contributed by atoms with Gasteiger partial charge in [0.1, 0.15) is 12.4 Å². The summed E-state index contributed by atoms with van der Waals surface area (Å²) >= 11 is 0. The number of benzene rings is 1. The average Bonchev–Trinajstić information content (AvgIpc) is 2.38. The Labute approximate surface area is 104 Å². The fourth-order valence-corrected chi connectivity index (χ4v) is 1.43. The van der Waals surface area contributed by atoms with Crippen molar-refractivity contribution >= 4 is 11.7 Å². The summed E-state index contributed by atoms with van der Waals surface area (Å²) in [5.41, 5.74) is 7.00. The van der Waals surface area contributed by atoms with Crippen LogP contribution in [0.1, 0.15) is 16.1 Å². The van der Waals surface area contributed by atoms with Crippen molar-refractivity contribution < 1.29 is 14.6 Å². The molecule has 1 heterocycles. The first-order valence-corrected chi connectivity index (χ1v) is 5.32. The zero-order valence-corrected chi connectivity index (χ0v) is 9.54. The average molecular weight is 244 g/mol. The Bertz CT molecular complexity index is 555. The minimum atomic E-state index is -1.02. The minimum Gasteiger partial charge on any atom is -0.485 e. The van der Waals surface area contributed by atoms with E-state index in [1.165, 1.54) is 18.2 Å². The lowest BCUT2D eigenvalue weighted by Gasteiger charge is -2.09. The number of pyridine rings is 1. The van der Waals surface area contributed by atoms with E-state index in [1.54, 1.807) is 6.20 Å². The molecular formula is C13H12N2O3. The number of carboxylic acids is 1. The molecule has 1 aromatic heterocycles. The first kappa shape index (κ1) is 11.9. The molecule has 0 bridgehead atoms. The number of aromatic carboxylic acids is 1. The molecule has 2 rings (SSSR count). The normalized spacial score (nSPS) is 10.0. The highest BCUT2D eigenvalue weighted by Crippen LogP contribution is 2.23. The molecule has 18 heavy (non-hydrogen) atoms. The molecule has 0 saturated carbocycles. The Kier molecular flexibility index (Phi) is 3.43. The molecule has 3 N–H and O–H groups in total. The summed E-state index contributed by atoms with van der Waals surface area (Å²) < 4.78 is 5.46. The minimum absolute atomic E-state index is 0.139. The van der Waals surface area contributed by atoms with Gasteiger partial charge in [-0.3, -0.25) is 4.98 Å².